The molecule has 4 aromatic rings. The van der Waals surface area contributed by atoms with E-state index in [0.717, 1.165) is 33.5 Å². The molecule has 0 aliphatic rings. The molecular weight excluding hydrogens is 262 g/mol. The fraction of sp³-hybridized carbons (Fsp3) is 0.176. The molecule has 0 saturated heterocycles. The Bertz CT molecular complexity index is 900. The summed E-state index contributed by atoms with van der Waals surface area (Å²) in [4.78, 5) is 12.5. The lowest BCUT2D eigenvalue weighted by Gasteiger charge is -1.96. The van der Waals surface area contributed by atoms with Crippen LogP contribution in [0.5, 0.6) is 0 Å². The molecular formula is C17H15N3O. The van der Waals surface area contributed by atoms with Gasteiger partial charge in [-0.25, -0.2) is 9.97 Å². The maximum absolute atomic E-state index is 5.81. The first-order chi connectivity index (χ1) is 10.2. The lowest BCUT2D eigenvalue weighted by Crippen LogP contribution is -1.88. The highest BCUT2D eigenvalue weighted by Gasteiger charge is 2.11. The number of benzene rings is 2. The second-order valence-corrected chi connectivity index (χ2v) is 5.50. The second kappa shape index (κ2) is 4.45. The molecule has 0 bridgehead atoms. The molecule has 1 N–H and O–H groups in total. The maximum atomic E-state index is 5.81. The Morgan fingerprint density at radius 1 is 1.00 bits per heavy atom. The van der Waals surface area contributed by atoms with Crippen LogP contribution in [0.25, 0.3) is 33.6 Å². The van der Waals surface area contributed by atoms with Crippen LogP contribution in [0.15, 0.2) is 46.9 Å². The normalized spacial score (nSPS) is 11.8. The molecule has 4 nitrogen and oxygen atoms in total. The lowest BCUT2D eigenvalue weighted by atomic mass is 10.2. The quantitative estimate of drug-likeness (QED) is 0.587. The minimum absolute atomic E-state index is 0.380. The maximum Gasteiger partial charge on any atom is 0.227 e. The zero-order valence-electron chi connectivity index (χ0n) is 11.9. The number of rotatable bonds is 2. The molecule has 0 aliphatic carbocycles. The third kappa shape index (κ3) is 2.00. The fourth-order valence-electron chi connectivity index (χ4n) is 2.43. The van der Waals surface area contributed by atoms with Gasteiger partial charge in [0.1, 0.15) is 11.3 Å². The Hall–Kier alpha value is -2.62. The van der Waals surface area contributed by atoms with Crippen molar-refractivity contribution in [3.63, 3.8) is 0 Å². The van der Waals surface area contributed by atoms with E-state index in [-0.39, 0.29) is 0 Å². The van der Waals surface area contributed by atoms with Gasteiger partial charge in [0.15, 0.2) is 5.58 Å². The number of hydrogen-bond donors (Lipinski definition) is 1. The Labute approximate surface area is 121 Å². The number of oxazole rings is 1. The highest BCUT2D eigenvalue weighted by molar-refractivity contribution is 5.82. The average molecular weight is 277 g/mol. The number of aromatic amines is 1. The van der Waals surface area contributed by atoms with E-state index in [0.29, 0.717) is 11.8 Å². The van der Waals surface area contributed by atoms with Crippen LogP contribution in [0.3, 0.4) is 0 Å². The Kier molecular flexibility index (Phi) is 2.57. The van der Waals surface area contributed by atoms with Gasteiger partial charge >= 0.3 is 0 Å². The Balaban J connectivity index is 1.85. The summed E-state index contributed by atoms with van der Waals surface area (Å²) in [7, 11) is 0. The summed E-state index contributed by atoms with van der Waals surface area (Å²) >= 11 is 0. The highest BCUT2D eigenvalue weighted by atomic mass is 16.3. The molecule has 104 valence electrons. The summed E-state index contributed by atoms with van der Waals surface area (Å²) in [6.07, 6.45) is 0. The summed E-state index contributed by atoms with van der Waals surface area (Å²) in [6, 6.07) is 13.8. The number of nitrogens with one attached hydrogen (secondary N) is 1. The number of aromatic nitrogens is 3. The summed E-state index contributed by atoms with van der Waals surface area (Å²) in [5, 5.41) is 0. The van der Waals surface area contributed by atoms with Crippen LogP contribution in [-0.2, 0) is 0 Å². The Morgan fingerprint density at radius 3 is 2.67 bits per heavy atom. The minimum Gasteiger partial charge on any atom is -0.436 e. The van der Waals surface area contributed by atoms with Gasteiger partial charge in [-0.2, -0.15) is 0 Å². The number of H-pyrrole nitrogens is 1. The SMILES string of the molecule is CC(C)c1nc2ccc(-c3nc4ccccc4o3)cc2[nH]1. The first-order valence-corrected chi connectivity index (χ1v) is 7.06. The second-order valence-electron chi connectivity index (χ2n) is 5.50. The van der Waals surface area contributed by atoms with E-state index >= 15 is 0 Å². The molecule has 0 atom stereocenters. The Morgan fingerprint density at radius 2 is 1.86 bits per heavy atom. The molecule has 0 unspecified atom stereocenters. The topological polar surface area (TPSA) is 54.7 Å². The molecule has 0 spiro atoms. The van der Waals surface area contributed by atoms with E-state index in [1.807, 2.05) is 42.5 Å². The molecule has 0 radical (unpaired) electrons. The number of imidazole rings is 1. The molecule has 4 heteroatoms. The molecule has 2 aromatic heterocycles. The van der Waals surface area contributed by atoms with Crippen LogP contribution in [-0.4, -0.2) is 15.0 Å². The van der Waals surface area contributed by atoms with Crippen molar-refractivity contribution in [2.24, 2.45) is 0 Å². The van der Waals surface area contributed by atoms with Gasteiger partial charge in [-0.05, 0) is 30.3 Å². The van der Waals surface area contributed by atoms with Crippen molar-refractivity contribution in [2.45, 2.75) is 19.8 Å². The van der Waals surface area contributed by atoms with Crippen molar-refractivity contribution in [1.29, 1.82) is 0 Å². The zero-order valence-corrected chi connectivity index (χ0v) is 11.9. The van der Waals surface area contributed by atoms with Crippen molar-refractivity contribution in [1.82, 2.24) is 15.0 Å². The average Bonchev–Trinajstić information content (AvgIpc) is 3.10. The van der Waals surface area contributed by atoms with Crippen LogP contribution in [0.1, 0.15) is 25.6 Å². The van der Waals surface area contributed by atoms with Crippen molar-refractivity contribution in [2.75, 3.05) is 0 Å². The van der Waals surface area contributed by atoms with E-state index in [2.05, 4.69) is 28.8 Å². The van der Waals surface area contributed by atoms with E-state index in [4.69, 9.17) is 4.42 Å². The molecule has 2 aromatic carbocycles. The van der Waals surface area contributed by atoms with Crippen molar-refractivity contribution in [3.8, 4) is 11.5 Å². The largest absolute Gasteiger partial charge is 0.436 e. The van der Waals surface area contributed by atoms with Gasteiger partial charge in [-0.15, -0.1) is 0 Å². The van der Waals surface area contributed by atoms with Gasteiger partial charge in [0.05, 0.1) is 11.0 Å². The van der Waals surface area contributed by atoms with E-state index in [1.54, 1.807) is 0 Å². The van der Waals surface area contributed by atoms with E-state index < -0.39 is 0 Å². The molecule has 2 heterocycles. The van der Waals surface area contributed by atoms with Crippen molar-refractivity contribution < 1.29 is 4.42 Å². The highest BCUT2D eigenvalue weighted by Crippen LogP contribution is 2.27. The first-order valence-electron chi connectivity index (χ1n) is 7.06. The van der Waals surface area contributed by atoms with Gasteiger partial charge in [-0.1, -0.05) is 26.0 Å². The van der Waals surface area contributed by atoms with Gasteiger partial charge in [0.2, 0.25) is 5.89 Å². The number of nitrogens with zero attached hydrogens (tertiary/aromatic N) is 2. The summed E-state index contributed by atoms with van der Waals surface area (Å²) in [5.41, 5.74) is 4.62. The summed E-state index contributed by atoms with van der Waals surface area (Å²) in [5.74, 6) is 2.02. The van der Waals surface area contributed by atoms with Crippen LogP contribution < -0.4 is 0 Å². The minimum atomic E-state index is 0.380. The number of fused-ring (bicyclic) bond motifs is 2. The van der Waals surface area contributed by atoms with Crippen molar-refractivity contribution in [3.05, 3.63) is 48.3 Å². The molecule has 0 fully saturated rings. The predicted molar refractivity (Wildman–Crippen MR) is 83.2 cm³/mol. The van der Waals surface area contributed by atoms with Gasteiger partial charge in [-0.3, -0.25) is 0 Å². The zero-order chi connectivity index (χ0) is 14.4. The lowest BCUT2D eigenvalue weighted by molar-refractivity contribution is 0.620. The fourth-order valence-corrected chi connectivity index (χ4v) is 2.43. The van der Waals surface area contributed by atoms with Crippen molar-refractivity contribution >= 4 is 22.1 Å². The standard InChI is InChI=1S/C17H15N3O/c1-10(2)16-18-12-8-7-11(9-14(12)19-16)17-20-13-5-3-4-6-15(13)21-17/h3-10H,1-2H3,(H,18,19). The third-order valence-electron chi connectivity index (χ3n) is 3.59. The third-order valence-corrected chi connectivity index (χ3v) is 3.59. The monoisotopic (exact) mass is 277 g/mol. The van der Waals surface area contributed by atoms with E-state index in [9.17, 15) is 0 Å². The van der Waals surface area contributed by atoms with Gasteiger partial charge in [0.25, 0.3) is 0 Å². The van der Waals surface area contributed by atoms with Crippen LogP contribution >= 0.6 is 0 Å². The molecule has 21 heavy (non-hydrogen) atoms. The molecule has 0 amide bonds. The summed E-state index contributed by atoms with van der Waals surface area (Å²) in [6.45, 7) is 4.25. The van der Waals surface area contributed by atoms with E-state index in [1.165, 1.54) is 0 Å². The first kappa shape index (κ1) is 12.1. The van der Waals surface area contributed by atoms with Crippen LogP contribution in [0.2, 0.25) is 0 Å². The molecule has 4 rings (SSSR count). The predicted octanol–water partition coefficient (Wildman–Crippen LogP) is 4.49. The molecule has 0 saturated carbocycles. The number of hydrogen-bond acceptors (Lipinski definition) is 3. The molecule has 0 aliphatic heterocycles. The smallest absolute Gasteiger partial charge is 0.227 e. The van der Waals surface area contributed by atoms with Crippen LogP contribution in [0, 0.1) is 0 Å². The number of para-hydroxylation sites is 2. The van der Waals surface area contributed by atoms with Crippen LogP contribution in [0.4, 0.5) is 0 Å². The van der Waals surface area contributed by atoms with Gasteiger partial charge in [0, 0.05) is 11.5 Å². The summed E-state index contributed by atoms with van der Waals surface area (Å²) < 4.78 is 5.81. The van der Waals surface area contributed by atoms with Gasteiger partial charge < -0.3 is 9.40 Å².